The van der Waals surface area contributed by atoms with E-state index < -0.39 is 8.07 Å². The molecule has 0 amide bonds. The molecule has 5 heteroatoms. The summed E-state index contributed by atoms with van der Waals surface area (Å²) in [5.74, 6) is 1.94. The third kappa shape index (κ3) is 5.96. The van der Waals surface area contributed by atoms with E-state index in [0.29, 0.717) is 0 Å². The Morgan fingerprint density at radius 3 is 1.65 bits per heavy atom. The minimum absolute atomic E-state index is 0.0926. The van der Waals surface area contributed by atoms with E-state index in [2.05, 4.69) is 247 Å². The van der Waals surface area contributed by atoms with E-state index in [0.717, 1.165) is 28.3 Å². The van der Waals surface area contributed by atoms with Crippen LogP contribution in [0, 0.1) is 0 Å². The van der Waals surface area contributed by atoms with Crippen LogP contribution in [-0.2, 0) is 0 Å². The van der Waals surface area contributed by atoms with Crippen molar-refractivity contribution in [2.24, 2.45) is 0 Å². The minimum Gasteiger partial charge on any atom is -0.458 e. The molecule has 0 spiro atoms. The second-order valence-corrected chi connectivity index (χ2v) is 22.1. The lowest BCUT2D eigenvalue weighted by molar-refractivity contribution is 0.488. The predicted molar refractivity (Wildman–Crippen MR) is 278 cm³/mol. The van der Waals surface area contributed by atoms with Crippen LogP contribution >= 0.6 is 11.6 Å². The van der Waals surface area contributed by atoms with Gasteiger partial charge in [0, 0.05) is 21.2 Å². The molecule has 1 aromatic heterocycles. The highest BCUT2D eigenvalue weighted by Gasteiger charge is 2.42. The number of hydrogen-bond acceptors (Lipinski definition) is 2. The topological polar surface area (TPSA) is 14.2 Å². The van der Waals surface area contributed by atoms with Gasteiger partial charge in [-0.15, -0.1) is 0 Å². The number of fused-ring (bicyclic) bond motifs is 7. The molecule has 0 saturated heterocycles. The average molecular weight is 862 g/mol. The van der Waals surface area contributed by atoms with Crippen molar-refractivity contribution in [1.82, 2.24) is 4.57 Å². The third-order valence-electron chi connectivity index (χ3n) is 13.6. The Hall–Kier alpha value is -7.57. The van der Waals surface area contributed by atoms with Crippen molar-refractivity contribution in [3.63, 3.8) is 0 Å². The van der Waals surface area contributed by atoms with E-state index in [-0.39, 0.29) is 5.99 Å². The average Bonchev–Trinajstić information content (AvgIpc) is 3.72. The van der Waals surface area contributed by atoms with Crippen LogP contribution in [0.4, 0.5) is 0 Å². The molecule has 65 heavy (non-hydrogen) atoms. The number of aromatic nitrogens is 1. The van der Waals surface area contributed by atoms with Gasteiger partial charge in [-0.2, -0.15) is 11.6 Å². The fourth-order valence-corrected chi connectivity index (χ4v) is 17.0. The van der Waals surface area contributed by atoms with Gasteiger partial charge in [0.1, 0.15) is 11.5 Å². The fraction of sp³-hybridized carbons (Fsp3) is 0. The van der Waals surface area contributed by atoms with Crippen molar-refractivity contribution >= 4 is 79.2 Å². The first-order chi connectivity index (χ1) is 32.2. The van der Waals surface area contributed by atoms with E-state index in [4.69, 9.17) is 4.74 Å². The first-order valence-electron chi connectivity index (χ1n) is 22.4. The Morgan fingerprint density at radius 1 is 0.385 bits per heavy atom. The Kier molecular flexibility index (Phi) is 8.93. The van der Waals surface area contributed by atoms with Crippen LogP contribution in [-0.4, -0.2) is 18.6 Å². The van der Waals surface area contributed by atoms with Gasteiger partial charge < -0.3 is 9.30 Å². The molecule has 0 atom stereocenters. The molecule has 0 fully saturated rings. The summed E-state index contributed by atoms with van der Waals surface area (Å²) in [4.78, 5) is 1.28. The van der Waals surface area contributed by atoms with Gasteiger partial charge in [0.15, 0.2) is 8.07 Å². The highest BCUT2D eigenvalue weighted by molar-refractivity contribution is 8.28. The predicted octanol–water partition coefficient (Wildman–Crippen LogP) is 11.5. The lowest BCUT2D eigenvalue weighted by Gasteiger charge is -2.35. The van der Waals surface area contributed by atoms with E-state index in [9.17, 15) is 0 Å². The summed E-state index contributed by atoms with van der Waals surface area (Å²) in [5.41, 5.74) is 13.2. The highest BCUT2D eigenvalue weighted by Crippen LogP contribution is 2.47. The number of rotatable bonds is 7. The van der Waals surface area contributed by atoms with Crippen molar-refractivity contribution in [3.8, 4) is 50.6 Å². The maximum atomic E-state index is 6.90. The zero-order valence-electron chi connectivity index (χ0n) is 35.4. The highest BCUT2D eigenvalue weighted by atomic mass is 32.2. The number of hydrogen-bond donors (Lipinski definition) is 0. The van der Waals surface area contributed by atoms with Crippen LogP contribution in [0.25, 0.3) is 60.9 Å². The SMILES string of the molecule is c1ccc([Si](c2ccccc2)(c2ccccc2)c2cccc(-c3ccc4c(c3)SB3c5ccccc5Oc5cc(-c6ccccc6-n6c7ccccc7c7ccccc76)cc-4c53)c2)cc1. The maximum Gasteiger partial charge on any atom is 0.289 e. The van der Waals surface area contributed by atoms with E-state index in [1.165, 1.54) is 80.6 Å². The molecule has 11 aromatic rings. The molecule has 2 aliphatic rings. The van der Waals surface area contributed by atoms with Crippen molar-refractivity contribution in [1.29, 1.82) is 0 Å². The second kappa shape index (κ2) is 15.3. The summed E-state index contributed by atoms with van der Waals surface area (Å²) in [6.07, 6.45) is 0. The van der Waals surface area contributed by atoms with Crippen molar-refractivity contribution < 1.29 is 4.74 Å². The van der Waals surface area contributed by atoms with E-state index in [1.807, 2.05) is 11.6 Å². The van der Waals surface area contributed by atoms with Gasteiger partial charge in [-0.05, 0) is 102 Å². The molecule has 0 aliphatic carbocycles. The Morgan fingerprint density at radius 2 is 0.954 bits per heavy atom. The quantitative estimate of drug-likeness (QED) is 0.117. The Bertz CT molecular complexity index is 3480. The summed E-state index contributed by atoms with van der Waals surface area (Å²) in [7, 11) is -2.71. The van der Waals surface area contributed by atoms with E-state index >= 15 is 0 Å². The number of para-hydroxylation sites is 4. The van der Waals surface area contributed by atoms with Gasteiger partial charge in [0.25, 0.3) is 5.99 Å². The van der Waals surface area contributed by atoms with Crippen molar-refractivity contribution in [2.75, 3.05) is 0 Å². The molecule has 0 unspecified atom stereocenters. The molecule has 13 rings (SSSR count). The molecule has 0 bridgehead atoms. The van der Waals surface area contributed by atoms with Gasteiger partial charge in [0.2, 0.25) is 0 Å². The minimum atomic E-state index is -2.71. The summed E-state index contributed by atoms with van der Waals surface area (Å²) >= 11 is 1.95. The number of benzene rings is 10. The van der Waals surface area contributed by atoms with Gasteiger partial charge in [-0.1, -0.05) is 200 Å². The molecular formula is C60H40BNOSSi. The summed E-state index contributed by atoms with van der Waals surface area (Å²) in [6.45, 7) is 0. The third-order valence-corrected chi connectivity index (χ3v) is 19.7. The first kappa shape index (κ1) is 37.9. The number of ether oxygens (including phenoxy) is 1. The zero-order valence-corrected chi connectivity index (χ0v) is 37.3. The smallest absolute Gasteiger partial charge is 0.289 e. The molecule has 0 radical (unpaired) electrons. The monoisotopic (exact) mass is 861 g/mol. The van der Waals surface area contributed by atoms with Crippen molar-refractivity contribution in [2.45, 2.75) is 4.90 Å². The van der Waals surface area contributed by atoms with Crippen LogP contribution < -0.4 is 36.4 Å². The van der Waals surface area contributed by atoms with Crippen LogP contribution in [0.2, 0.25) is 0 Å². The lowest BCUT2D eigenvalue weighted by atomic mass is 9.57. The van der Waals surface area contributed by atoms with Gasteiger partial charge in [0.05, 0.1) is 16.7 Å². The molecule has 2 aliphatic heterocycles. The fourth-order valence-electron chi connectivity index (χ4n) is 10.8. The lowest BCUT2D eigenvalue weighted by Crippen LogP contribution is -2.74. The standard InChI is InChI=1S/C60H40BNOSSi/c1-4-20-44(21-5-1)65(45-22-6-2-7-23-45,46-24-8-3-9-25-46)47-26-18-19-41(37-47)42-35-36-51-52-38-43(39-58-60(52)61(64-59(51)40-42)53-30-13-17-34-57(53)63-58)48-27-10-14-31-54(48)62-55-32-15-11-28-49(55)50-29-12-16-33-56(50)62/h1-40H. The second-order valence-electron chi connectivity index (χ2n) is 17.1. The van der Waals surface area contributed by atoms with Crippen LogP contribution in [0.3, 0.4) is 0 Å². The zero-order chi connectivity index (χ0) is 42.9. The van der Waals surface area contributed by atoms with Crippen LogP contribution in [0.15, 0.2) is 248 Å². The van der Waals surface area contributed by atoms with Gasteiger partial charge in [-0.25, -0.2) is 0 Å². The molecule has 304 valence electrons. The van der Waals surface area contributed by atoms with Gasteiger partial charge in [-0.3, -0.25) is 0 Å². The molecule has 0 N–H and O–H groups in total. The summed E-state index contributed by atoms with van der Waals surface area (Å²) in [6, 6.07) is 89.7. The maximum absolute atomic E-state index is 6.90. The first-order valence-corrected chi connectivity index (χ1v) is 25.2. The molecule has 3 heterocycles. The Labute approximate surface area is 384 Å². The largest absolute Gasteiger partial charge is 0.458 e. The van der Waals surface area contributed by atoms with Crippen LogP contribution in [0.5, 0.6) is 11.5 Å². The number of nitrogens with zero attached hydrogens (tertiary/aromatic N) is 1. The molecule has 10 aromatic carbocycles. The van der Waals surface area contributed by atoms with E-state index in [1.54, 1.807) is 0 Å². The van der Waals surface area contributed by atoms with Crippen LogP contribution in [0.1, 0.15) is 0 Å². The molecule has 2 nitrogen and oxygen atoms in total. The Balaban J connectivity index is 0.988. The summed E-state index contributed by atoms with van der Waals surface area (Å²) in [5, 5.41) is 7.98. The van der Waals surface area contributed by atoms with Crippen molar-refractivity contribution in [3.05, 3.63) is 243 Å². The molecular weight excluding hydrogens is 822 g/mol. The van der Waals surface area contributed by atoms with Gasteiger partial charge >= 0.3 is 0 Å². The normalized spacial score (nSPS) is 12.6. The summed E-state index contributed by atoms with van der Waals surface area (Å²) < 4.78 is 9.33. The molecule has 0 saturated carbocycles.